The number of fused-ring (bicyclic) bond motifs is 2. The molecule has 0 radical (unpaired) electrons. The van der Waals surface area contributed by atoms with Crippen molar-refractivity contribution >= 4 is 22.5 Å². The maximum atomic E-state index is 12.3. The van der Waals surface area contributed by atoms with Gasteiger partial charge < -0.3 is 10.3 Å². The average molecular weight is 375 g/mol. The molecule has 1 amide bonds. The Morgan fingerprint density at radius 2 is 2.00 bits per heavy atom. The largest absolute Gasteiger partial charge is 0.361 e. The van der Waals surface area contributed by atoms with E-state index in [1.54, 1.807) is 0 Å². The minimum absolute atomic E-state index is 0.0652. The second-order valence-electron chi connectivity index (χ2n) is 7.28. The van der Waals surface area contributed by atoms with Crippen LogP contribution in [0, 0.1) is 20.8 Å². The number of aromatic amines is 1. The second kappa shape index (κ2) is 7.46. The summed E-state index contributed by atoms with van der Waals surface area (Å²) in [5.41, 5.74) is 7.29. The molecule has 0 aliphatic rings. The predicted octanol–water partition coefficient (Wildman–Crippen LogP) is 3.43. The molecule has 0 spiro atoms. The van der Waals surface area contributed by atoms with Gasteiger partial charge in [0.1, 0.15) is 0 Å². The number of nitrogens with one attached hydrogen (secondary N) is 2. The molecular formula is C22H25N5O. The van der Waals surface area contributed by atoms with Gasteiger partial charge in [-0.25, -0.2) is 9.50 Å². The van der Waals surface area contributed by atoms with Crippen LogP contribution in [0.15, 0.2) is 36.5 Å². The lowest BCUT2D eigenvalue weighted by Crippen LogP contribution is -2.26. The van der Waals surface area contributed by atoms with Gasteiger partial charge in [-0.15, -0.1) is 0 Å². The van der Waals surface area contributed by atoms with Gasteiger partial charge in [0.25, 0.3) is 0 Å². The molecule has 4 rings (SSSR count). The predicted molar refractivity (Wildman–Crippen MR) is 111 cm³/mol. The third-order valence-corrected chi connectivity index (χ3v) is 5.28. The van der Waals surface area contributed by atoms with Crippen LogP contribution in [0.5, 0.6) is 0 Å². The minimum Gasteiger partial charge on any atom is -0.361 e. The zero-order chi connectivity index (χ0) is 19.7. The summed E-state index contributed by atoms with van der Waals surface area (Å²) in [7, 11) is 0. The number of rotatable bonds is 6. The summed E-state index contributed by atoms with van der Waals surface area (Å²) < 4.78 is 1.87. The lowest BCUT2D eigenvalue weighted by Gasteiger charge is -2.11. The summed E-state index contributed by atoms with van der Waals surface area (Å²) >= 11 is 0. The number of aromatic nitrogens is 4. The summed E-state index contributed by atoms with van der Waals surface area (Å²) in [6.07, 6.45) is 3.95. The molecule has 0 fully saturated rings. The maximum absolute atomic E-state index is 12.3. The number of aryl methyl sites for hydroxylation is 3. The first-order valence-electron chi connectivity index (χ1n) is 9.67. The van der Waals surface area contributed by atoms with Crippen molar-refractivity contribution < 1.29 is 4.79 Å². The first-order chi connectivity index (χ1) is 13.5. The molecule has 0 saturated carbocycles. The van der Waals surface area contributed by atoms with Crippen LogP contribution in [0.2, 0.25) is 0 Å². The van der Waals surface area contributed by atoms with Crippen LogP contribution in [0.4, 0.5) is 0 Å². The van der Waals surface area contributed by atoms with E-state index in [0.717, 1.165) is 40.2 Å². The number of benzene rings is 1. The Morgan fingerprint density at radius 1 is 1.18 bits per heavy atom. The summed E-state index contributed by atoms with van der Waals surface area (Å²) in [5.74, 6) is 0.0652. The summed E-state index contributed by atoms with van der Waals surface area (Å²) in [6.45, 7) is 6.64. The second-order valence-corrected chi connectivity index (χ2v) is 7.28. The van der Waals surface area contributed by atoms with E-state index in [9.17, 15) is 4.79 Å². The SMILES string of the molecule is Cc1cc2nc(C)c(CCC(=O)NCCc3c[nH]c4ccccc34)c(C)n2n1. The van der Waals surface area contributed by atoms with Gasteiger partial charge in [0.05, 0.1) is 5.69 Å². The molecule has 0 aliphatic heterocycles. The minimum atomic E-state index is 0.0652. The number of nitrogens with zero attached hydrogens (tertiary/aromatic N) is 3. The molecule has 0 unspecified atom stereocenters. The fourth-order valence-corrected chi connectivity index (χ4v) is 3.80. The van der Waals surface area contributed by atoms with E-state index >= 15 is 0 Å². The van der Waals surface area contributed by atoms with Gasteiger partial charge in [0.15, 0.2) is 5.65 Å². The Labute approximate surface area is 164 Å². The molecule has 0 aliphatic carbocycles. The van der Waals surface area contributed by atoms with E-state index in [4.69, 9.17) is 0 Å². The third-order valence-electron chi connectivity index (χ3n) is 5.28. The quantitative estimate of drug-likeness (QED) is 0.542. The Kier molecular flexibility index (Phi) is 4.86. The van der Waals surface area contributed by atoms with Crippen LogP contribution in [0.1, 0.15) is 34.6 Å². The molecule has 0 saturated heterocycles. The lowest BCUT2D eigenvalue weighted by molar-refractivity contribution is -0.121. The third kappa shape index (κ3) is 3.50. The fraction of sp³-hybridized carbons (Fsp3) is 0.318. The number of amides is 1. The van der Waals surface area contributed by atoms with E-state index in [0.29, 0.717) is 19.4 Å². The molecule has 1 aromatic carbocycles. The number of hydrogen-bond acceptors (Lipinski definition) is 3. The standard InChI is InChI=1S/C22H25N5O/c1-14-12-21-25-15(2)18(16(3)27(21)26-14)8-9-22(28)23-11-10-17-13-24-20-7-5-4-6-19(17)20/h4-7,12-13,24H,8-11H2,1-3H3,(H,23,28). The van der Waals surface area contributed by atoms with E-state index in [2.05, 4.69) is 32.5 Å². The molecule has 3 aromatic heterocycles. The Morgan fingerprint density at radius 3 is 2.86 bits per heavy atom. The van der Waals surface area contributed by atoms with Crippen molar-refractivity contribution in [3.8, 4) is 0 Å². The van der Waals surface area contributed by atoms with Crippen LogP contribution in [-0.2, 0) is 17.6 Å². The van der Waals surface area contributed by atoms with Crippen molar-refractivity contribution in [3.05, 3.63) is 64.7 Å². The Bertz CT molecular complexity index is 1150. The van der Waals surface area contributed by atoms with Crippen LogP contribution in [0.25, 0.3) is 16.6 Å². The first-order valence-corrected chi connectivity index (χ1v) is 9.67. The zero-order valence-corrected chi connectivity index (χ0v) is 16.5. The van der Waals surface area contributed by atoms with Crippen molar-refractivity contribution in [2.45, 2.75) is 40.0 Å². The maximum Gasteiger partial charge on any atom is 0.220 e. The lowest BCUT2D eigenvalue weighted by atomic mass is 10.1. The monoisotopic (exact) mass is 375 g/mol. The number of H-pyrrole nitrogens is 1. The molecule has 0 bridgehead atoms. The Hall–Kier alpha value is -3.15. The van der Waals surface area contributed by atoms with Gasteiger partial charge in [-0.1, -0.05) is 18.2 Å². The number of carbonyl (C=O) groups is 1. The number of para-hydroxylation sites is 1. The van der Waals surface area contributed by atoms with E-state index in [-0.39, 0.29) is 5.91 Å². The van der Waals surface area contributed by atoms with Crippen molar-refractivity contribution in [2.75, 3.05) is 6.54 Å². The van der Waals surface area contributed by atoms with Crippen LogP contribution in [0.3, 0.4) is 0 Å². The van der Waals surface area contributed by atoms with Crippen LogP contribution < -0.4 is 5.32 Å². The molecule has 4 aromatic rings. The van der Waals surface area contributed by atoms with Crippen molar-refractivity contribution in [1.29, 1.82) is 0 Å². The fourth-order valence-electron chi connectivity index (χ4n) is 3.80. The van der Waals surface area contributed by atoms with Gasteiger partial charge >= 0.3 is 0 Å². The molecule has 2 N–H and O–H groups in total. The van der Waals surface area contributed by atoms with Gasteiger partial charge in [0, 0.05) is 47.5 Å². The summed E-state index contributed by atoms with van der Waals surface area (Å²) in [5, 5.41) is 8.75. The van der Waals surface area contributed by atoms with Gasteiger partial charge in [-0.2, -0.15) is 5.10 Å². The highest BCUT2D eigenvalue weighted by Gasteiger charge is 2.13. The average Bonchev–Trinajstić information content (AvgIpc) is 3.25. The Balaban J connectivity index is 1.35. The highest BCUT2D eigenvalue weighted by molar-refractivity contribution is 5.83. The van der Waals surface area contributed by atoms with Crippen molar-refractivity contribution in [3.63, 3.8) is 0 Å². The molecule has 28 heavy (non-hydrogen) atoms. The zero-order valence-electron chi connectivity index (χ0n) is 16.5. The van der Waals surface area contributed by atoms with Gasteiger partial charge in [0.2, 0.25) is 5.91 Å². The topological polar surface area (TPSA) is 75.1 Å². The summed E-state index contributed by atoms with van der Waals surface area (Å²) in [6, 6.07) is 10.2. The number of carbonyl (C=O) groups excluding carboxylic acids is 1. The van der Waals surface area contributed by atoms with Crippen LogP contribution >= 0.6 is 0 Å². The number of hydrogen-bond donors (Lipinski definition) is 2. The van der Waals surface area contributed by atoms with E-state index in [1.807, 2.05) is 49.7 Å². The molecule has 0 atom stereocenters. The van der Waals surface area contributed by atoms with Crippen LogP contribution in [-0.4, -0.2) is 32.0 Å². The van der Waals surface area contributed by atoms with E-state index < -0.39 is 0 Å². The molecule has 6 nitrogen and oxygen atoms in total. The molecule has 3 heterocycles. The van der Waals surface area contributed by atoms with Gasteiger partial charge in [-0.3, -0.25) is 4.79 Å². The smallest absolute Gasteiger partial charge is 0.220 e. The van der Waals surface area contributed by atoms with Crippen molar-refractivity contribution in [1.82, 2.24) is 24.9 Å². The first kappa shape index (κ1) is 18.2. The molecular weight excluding hydrogens is 350 g/mol. The highest BCUT2D eigenvalue weighted by atomic mass is 16.1. The van der Waals surface area contributed by atoms with Gasteiger partial charge in [-0.05, 0) is 50.8 Å². The molecule has 6 heteroatoms. The molecule has 144 valence electrons. The van der Waals surface area contributed by atoms with Crippen molar-refractivity contribution in [2.24, 2.45) is 0 Å². The highest BCUT2D eigenvalue weighted by Crippen LogP contribution is 2.18. The normalized spacial score (nSPS) is 11.4. The van der Waals surface area contributed by atoms with E-state index in [1.165, 1.54) is 10.9 Å². The summed E-state index contributed by atoms with van der Waals surface area (Å²) in [4.78, 5) is 20.2.